The SMILES string of the molecule is c1cnc2ncc(-c3ccn4nc(NCC5CC5)ncc34)cc2n1. The molecule has 5 rings (SSSR count). The van der Waals surface area contributed by atoms with Crippen molar-refractivity contribution in [2.45, 2.75) is 12.8 Å². The van der Waals surface area contributed by atoms with Crippen LogP contribution in [0.15, 0.2) is 43.1 Å². The second-order valence-corrected chi connectivity index (χ2v) is 6.09. The van der Waals surface area contributed by atoms with Crippen molar-refractivity contribution in [3.8, 4) is 11.1 Å². The lowest BCUT2D eigenvalue weighted by Gasteiger charge is -2.05. The van der Waals surface area contributed by atoms with Crippen LogP contribution >= 0.6 is 0 Å². The molecule has 0 bridgehead atoms. The third-order valence-corrected chi connectivity index (χ3v) is 4.30. The first kappa shape index (κ1) is 13.4. The minimum atomic E-state index is 0.646. The van der Waals surface area contributed by atoms with E-state index in [1.807, 2.05) is 35.2 Å². The number of fused-ring (bicyclic) bond motifs is 2. The second kappa shape index (κ2) is 5.23. The van der Waals surface area contributed by atoms with Gasteiger partial charge in [-0.25, -0.2) is 19.5 Å². The summed E-state index contributed by atoms with van der Waals surface area (Å²) in [6.07, 6.45) is 11.5. The molecule has 1 aliphatic rings. The normalized spacial score (nSPS) is 14.3. The van der Waals surface area contributed by atoms with Gasteiger partial charge in [-0.1, -0.05) is 0 Å². The molecule has 7 nitrogen and oxygen atoms in total. The van der Waals surface area contributed by atoms with Gasteiger partial charge in [0.05, 0.1) is 11.7 Å². The predicted molar refractivity (Wildman–Crippen MR) is 90.5 cm³/mol. The van der Waals surface area contributed by atoms with Crippen molar-refractivity contribution in [2.75, 3.05) is 11.9 Å². The smallest absolute Gasteiger partial charge is 0.241 e. The summed E-state index contributed by atoms with van der Waals surface area (Å²) in [7, 11) is 0. The van der Waals surface area contributed by atoms with Gasteiger partial charge in [0.1, 0.15) is 5.52 Å². The molecule has 0 atom stereocenters. The molecular weight excluding hydrogens is 302 g/mol. The number of nitrogens with zero attached hydrogens (tertiary/aromatic N) is 6. The maximum Gasteiger partial charge on any atom is 0.241 e. The maximum atomic E-state index is 4.53. The molecule has 0 aromatic carbocycles. The topological polar surface area (TPSA) is 80.9 Å². The van der Waals surface area contributed by atoms with Gasteiger partial charge in [0, 0.05) is 42.5 Å². The lowest BCUT2D eigenvalue weighted by atomic mass is 10.1. The van der Waals surface area contributed by atoms with Crippen LogP contribution in [0.4, 0.5) is 5.95 Å². The average Bonchev–Trinajstić information content (AvgIpc) is 3.37. The second-order valence-electron chi connectivity index (χ2n) is 6.09. The summed E-state index contributed by atoms with van der Waals surface area (Å²) in [6.45, 7) is 0.951. The number of rotatable bonds is 4. The Bertz CT molecular complexity index is 1040. The number of nitrogens with one attached hydrogen (secondary N) is 1. The summed E-state index contributed by atoms with van der Waals surface area (Å²) >= 11 is 0. The zero-order valence-corrected chi connectivity index (χ0v) is 12.9. The molecule has 1 saturated carbocycles. The Kier molecular flexibility index (Phi) is 2.91. The van der Waals surface area contributed by atoms with Crippen LogP contribution in [0, 0.1) is 5.92 Å². The van der Waals surface area contributed by atoms with Crippen LogP contribution in [0.2, 0.25) is 0 Å². The van der Waals surface area contributed by atoms with Crippen molar-refractivity contribution in [3.05, 3.63) is 43.1 Å². The van der Waals surface area contributed by atoms with Crippen molar-refractivity contribution in [1.82, 2.24) is 29.5 Å². The van der Waals surface area contributed by atoms with E-state index in [1.54, 1.807) is 12.4 Å². The first-order valence-corrected chi connectivity index (χ1v) is 8.02. The molecule has 0 spiro atoms. The van der Waals surface area contributed by atoms with Gasteiger partial charge in [0.2, 0.25) is 5.95 Å². The lowest BCUT2D eigenvalue weighted by molar-refractivity contribution is 0.842. The van der Waals surface area contributed by atoms with E-state index in [2.05, 4.69) is 30.4 Å². The van der Waals surface area contributed by atoms with Crippen LogP contribution in [-0.4, -0.2) is 36.1 Å². The molecule has 0 saturated heterocycles. The number of aromatic nitrogens is 6. The van der Waals surface area contributed by atoms with E-state index >= 15 is 0 Å². The van der Waals surface area contributed by atoms with Crippen molar-refractivity contribution >= 4 is 22.6 Å². The Hall–Kier alpha value is -3.09. The minimum absolute atomic E-state index is 0.646. The predicted octanol–water partition coefficient (Wildman–Crippen LogP) is 2.56. The lowest BCUT2D eigenvalue weighted by Crippen LogP contribution is -2.08. The van der Waals surface area contributed by atoms with Gasteiger partial charge in [0.15, 0.2) is 5.65 Å². The monoisotopic (exact) mass is 317 g/mol. The Labute approximate surface area is 137 Å². The quantitative estimate of drug-likeness (QED) is 0.623. The van der Waals surface area contributed by atoms with Crippen LogP contribution in [0.1, 0.15) is 12.8 Å². The van der Waals surface area contributed by atoms with E-state index in [4.69, 9.17) is 0 Å². The summed E-state index contributed by atoms with van der Waals surface area (Å²) in [4.78, 5) is 17.3. The highest BCUT2D eigenvalue weighted by atomic mass is 15.3. The van der Waals surface area contributed by atoms with Crippen molar-refractivity contribution in [2.24, 2.45) is 5.92 Å². The van der Waals surface area contributed by atoms with E-state index < -0.39 is 0 Å². The first-order valence-electron chi connectivity index (χ1n) is 8.02. The number of hydrogen-bond donors (Lipinski definition) is 1. The van der Waals surface area contributed by atoms with E-state index in [0.717, 1.165) is 34.6 Å². The van der Waals surface area contributed by atoms with Crippen LogP contribution in [0.3, 0.4) is 0 Å². The van der Waals surface area contributed by atoms with Gasteiger partial charge < -0.3 is 5.32 Å². The molecule has 0 amide bonds. The highest BCUT2D eigenvalue weighted by Crippen LogP contribution is 2.29. The molecule has 0 aliphatic heterocycles. The molecule has 4 aromatic heterocycles. The van der Waals surface area contributed by atoms with Gasteiger partial charge in [-0.15, -0.1) is 5.10 Å². The largest absolute Gasteiger partial charge is 0.353 e. The van der Waals surface area contributed by atoms with Crippen LogP contribution in [0.25, 0.3) is 27.8 Å². The van der Waals surface area contributed by atoms with Crippen LogP contribution < -0.4 is 5.32 Å². The Morgan fingerprint density at radius 3 is 2.92 bits per heavy atom. The van der Waals surface area contributed by atoms with E-state index in [-0.39, 0.29) is 0 Å². The molecule has 4 heterocycles. The Morgan fingerprint density at radius 1 is 1.08 bits per heavy atom. The summed E-state index contributed by atoms with van der Waals surface area (Å²) in [5, 5.41) is 7.83. The fraction of sp³-hybridized carbons (Fsp3) is 0.235. The molecule has 7 heteroatoms. The molecule has 118 valence electrons. The van der Waals surface area contributed by atoms with Gasteiger partial charge in [-0.05, 0) is 30.9 Å². The van der Waals surface area contributed by atoms with Crippen molar-refractivity contribution < 1.29 is 0 Å². The fourth-order valence-corrected chi connectivity index (χ4v) is 2.79. The number of anilines is 1. The zero-order chi connectivity index (χ0) is 15.9. The summed E-state index contributed by atoms with van der Waals surface area (Å²) in [5.74, 6) is 1.45. The summed E-state index contributed by atoms with van der Waals surface area (Å²) in [6, 6.07) is 4.01. The summed E-state index contributed by atoms with van der Waals surface area (Å²) < 4.78 is 1.85. The van der Waals surface area contributed by atoms with Gasteiger partial charge in [0.25, 0.3) is 0 Å². The van der Waals surface area contributed by atoms with Gasteiger partial charge in [-0.2, -0.15) is 0 Å². The molecule has 1 N–H and O–H groups in total. The Morgan fingerprint density at radius 2 is 2.00 bits per heavy atom. The average molecular weight is 317 g/mol. The standard InChI is InChI=1S/C17H15N7/c1-2-11(1)8-21-17-22-10-15-13(3-6-24(15)23-17)12-7-14-16(20-9-12)19-5-4-18-14/h3-7,9-11H,1-2,8H2,(H,21,23). The molecular formula is C17H15N7. The van der Waals surface area contributed by atoms with Crippen LogP contribution in [-0.2, 0) is 0 Å². The zero-order valence-electron chi connectivity index (χ0n) is 12.9. The highest BCUT2D eigenvalue weighted by Gasteiger charge is 2.21. The first-order chi connectivity index (χ1) is 11.9. The molecule has 1 aliphatic carbocycles. The maximum absolute atomic E-state index is 4.53. The molecule has 1 fully saturated rings. The molecule has 4 aromatic rings. The van der Waals surface area contributed by atoms with Crippen molar-refractivity contribution in [3.63, 3.8) is 0 Å². The molecule has 0 radical (unpaired) electrons. The fourth-order valence-electron chi connectivity index (χ4n) is 2.79. The number of pyridine rings is 1. The van der Waals surface area contributed by atoms with Crippen molar-refractivity contribution in [1.29, 1.82) is 0 Å². The highest BCUT2D eigenvalue weighted by molar-refractivity contribution is 5.84. The van der Waals surface area contributed by atoms with E-state index in [0.29, 0.717) is 11.6 Å². The molecule has 24 heavy (non-hydrogen) atoms. The van der Waals surface area contributed by atoms with Gasteiger partial charge in [-0.3, -0.25) is 4.98 Å². The van der Waals surface area contributed by atoms with E-state index in [9.17, 15) is 0 Å². The third kappa shape index (κ3) is 2.34. The minimum Gasteiger partial charge on any atom is -0.353 e. The van der Waals surface area contributed by atoms with E-state index in [1.165, 1.54) is 12.8 Å². The Balaban J connectivity index is 1.53. The molecule has 0 unspecified atom stereocenters. The van der Waals surface area contributed by atoms with Gasteiger partial charge >= 0.3 is 0 Å². The third-order valence-electron chi connectivity index (χ3n) is 4.30. The number of hydrogen-bond acceptors (Lipinski definition) is 6. The van der Waals surface area contributed by atoms with Crippen LogP contribution in [0.5, 0.6) is 0 Å². The summed E-state index contributed by atoms with van der Waals surface area (Å²) in [5.41, 5.74) is 4.37.